The summed E-state index contributed by atoms with van der Waals surface area (Å²) in [5.74, 6) is -0.402. The fourth-order valence-corrected chi connectivity index (χ4v) is 1.57. The second-order valence-electron chi connectivity index (χ2n) is 3.95. The minimum Gasteiger partial charge on any atom is -0.769 e. The Balaban J connectivity index is 2.31. The van der Waals surface area contributed by atoms with Gasteiger partial charge in [0.15, 0.2) is 0 Å². The summed E-state index contributed by atoms with van der Waals surface area (Å²) in [6.07, 6.45) is 1.47. The number of benzene rings is 1. The lowest BCUT2D eigenvalue weighted by Gasteiger charge is -2.38. The molecule has 0 aliphatic heterocycles. The van der Waals surface area contributed by atoms with Crippen LogP contribution in [-0.4, -0.2) is 21.3 Å². The van der Waals surface area contributed by atoms with Gasteiger partial charge in [0.1, 0.15) is 5.82 Å². The van der Waals surface area contributed by atoms with Crippen LogP contribution in [0.5, 0.6) is 0 Å². The molecule has 110 valence electrons. The number of hydrogen-bond acceptors (Lipinski definition) is 8. The SMILES string of the molecule is O=C(Nc1ccccn1)c1cc(N([O-])[O-])cc(N(O)O)c1. The molecule has 0 spiro atoms. The van der Waals surface area contributed by atoms with Gasteiger partial charge in [0.2, 0.25) is 0 Å². The Morgan fingerprint density at radius 1 is 1.14 bits per heavy atom. The highest BCUT2D eigenvalue weighted by Gasteiger charge is 2.11. The van der Waals surface area contributed by atoms with Gasteiger partial charge in [-0.2, -0.15) is 0 Å². The van der Waals surface area contributed by atoms with Crippen molar-refractivity contribution in [3.63, 3.8) is 0 Å². The van der Waals surface area contributed by atoms with Gasteiger partial charge in [0.25, 0.3) is 5.91 Å². The molecular formula is C12H10N4O5-2. The maximum Gasteiger partial charge on any atom is 0.256 e. The minimum absolute atomic E-state index is 0.113. The number of nitrogens with zero attached hydrogens (tertiary/aromatic N) is 3. The molecule has 0 fully saturated rings. The molecule has 0 aliphatic carbocycles. The van der Waals surface area contributed by atoms with Gasteiger partial charge >= 0.3 is 0 Å². The molecule has 1 amide bonds. The van der Waals surface area contributed by atoms with E-state index in [2.05, 4.69) is 10.3 Å². The molecule has 9 nitrogen and oxygen atoms in total. The van der Waals surface area contributed by atoms with Crippen LogP contribution in [0.4, 0.5) is 17.2 Å². The van der Waals surface area contributed by atoms with E-state index in [1.165, 1.54) is 6.20 Å². The maximum absolute atomic E-state index is 12.0. The van der Waals surface area contributed by atoms with E-state index in [1.807, 2.05) is 0 Å². The first kappa shape index (κ1) is 14.7. The molecule has 0 saturated carbocycles. The fourth-order valence-electron chi connectivity index (χ4n) is 1.57. The Bertz CT molecular complexity index is 607. The number of carbonyl (C=O) groups excluding carboxylic acids is 1. The molecule has 0 saturated heterocycles. The molecular weight excluding hydrogens is 280 g/mol. The van der Waals surface area contributed by atoms with E-state index in [-0.39, 0.29) is 22.3 Å². The van der Waals surface area contributed by atoms with Crippen molar-refractivity contribution in [1.82, 2.24) is 4.98 Å². The van der Waals surface area contributed by atoms with E-state index in [1.54, 1.807) is 18.2 Å². The van der Waals surface area contributed by atoms with Crippen LogP contribution in [0.25, 0.3) is 0 Å². The largest absolute Gasteiger partial charge is 0.769 e. The summed E-state index contributed by atoms with van der Waals surface area (Å²) in [7, 11) is 0. The number of aromatic nitrogens is 1. The van der Waals surface area contributed by atoms with Gasteiger partial charge in [0, 0.05) is 17.4 Å². The quantitative estimate of drug-likeness (QED) is 0.724. The first-order valence-corrected chi connectivity index (χ1v) is 5.67. The molecule has 2 rings (SSSR count). The van der Waals surface area contributed by atoms with Crippen LogP contribution >= 0.6 is 0 Å². The molecule has 3 N–H and O–H groups in total. The van der Waals surface area contributed by atoms with Crippen LogP contribution in [0.2, 0.25) is 0 Å². The molecule has 9 heteroatoms. The Labute approximate surface area is 118 Å². The molecule has 1 aromatic heterocycles. The van der Waals surface area contributed by atoms with Crippen LogP contribution in [0.15, 0.2) is 42.6 Å². The van der Waals surface area contributed by atoms with Gasteiger partial charge in [-0.1, -0.05) is 6.07 Å². The number of nitrogens with one attached hydrogen (secondary N) is 1. The van der Waals surface area contributed by atoms with Crippen molar-refractivity contribution in [3.8, 4) is 0 Å². The number of pyridine rings is 1. The van der Waals surface area contributed by atoms with Crippen LogP contribution in [0, 0.1) is 10.4 Å². The number of amides is 1. The predicted molar refractivity (Wildman–Crippen MR) is 73.9 cm³/mol. The highest BCUT2D eigenvalue weighted by atomic mass is 16.8. The Hall–Kier alpha value is -2.72. The van der Waals surface area contributed by atoms with E-state index >= 15 is 0 Å². The van der Waals surface area contributed by atoms with Crippen molar-refractivity contribution in [2.45, 2.75) is 0 Å². The second kappa shape index (κ2) is 6.15. The van der Waals surface area contributed by atoms with Crippen molar-refractivity contribution in [1.29, 1.82) is 0 Å². The highest BCUT2D eigenvalue weighted by Crippen LogP contribution is 2.23. The van der Waals surface area contributed by atoms with E-state index in [9.17, 15) is 15.2 Å². The summed E-state index contributed by atoms with van der Waals surface area (Å²) in [4.78, 5) is 15.9. The summed E-state index contributed by atoms with van der Waals surface area (Å²) in [6, 6.07) is 7.88. The number of carbonyl (C=O) groups is 1. The van der Waals surface area contributed by atoms with E-state index < -0.39 is 16.8 Å². The topological polar surface area (TPSA) is 135 Å². The molecule has 1 aromatic carbocycles. The zero-order valence-corrected chi connectivity index (χ0v) is 10.5. The third kappa shape index (κ3) is 3.64. The van der Waals surface area contributed by atoms with Gasteiger partial charge in [-0.15, -0.1) is 5.23 Å². The Morgan fingerprint density at radius 2 is 1.86 bits per heavy atom. The third-order valence-electron chi connectivity index (χ3n) is 2.51. The minimum atomic E-state index is -0.745. The van der Waals surface area contributed by atoms with E-state index in [4.69, 9.17) is 10.4 Å². The van der Waals surface area contributed by atoms with E-state index in [0.29, 0.717) is 0 Å². The number of hydrogen-bond donors (Lipinski definition) is 3. The lowest BCUT2D eigenvalue weighted by molar-refractivity contribution is 0.0291. The second-order valence-corrected chi connectivity index (χ2v) is 3.95. The standard InChI is InChI=1S/C12H10N4O5/c17-12(14-11-3-1-2-4-13-11)8-5-9(15(18)19)7-10(6-8)16(20)21/h1-7,18-19H,(H,13,14,17)/q-2. The lowest BCUT2D eigenvalue weighted by Crippen LogP contribution is -2.17. The van der Waals surface area contributed by atoms with Crippen molar-refractivity contribution in [2.75, 3.05) is 15.8 Å². The van der Waals surface area contributed by atoms with E-state index in [0.717, 1.165) is 18.2 Å². The average molecular weight is 290 g/mol. The normalized spacial score (nSPS) is 10.1. The van der Waals surface area contributed by atoms with Gasteiger partial charge in [-0.05, 0) is 30.3 Å². The summed E-state index contributed by atoms with van der Waals surface area (Å²) < 4.78 is 0. The number of anilines is 3. The summed E-state index contributed by atoms with van der Waals surface area (Å²) in [6.45, 7) is 0. The van der Waals surface area contributed by atoms with Gasteiger partial charge in [-0.25, -0.2) is 4.98 Å². The first-order chi connectivity index (χ1) is 9.97. The number of rotatable bonds is 4. The zero-order valence-electron chi connectivity index (χ0n) is 10.5. The van der Waals surface area contributed by atoms with Crippen molar-refractivity contribution >= 4 is 23.1 Å². The molecule has 0 radical (unpaired) electrons. The van der Waals surface area contributed by atoms with Crippen LogP contribution in [0.3, 0.4) is 0 Å². The van der Waals surface area contributed by atoms with Gasteiger partial charge < -0.3 is 21.0 Å². The van der Waals surface area contributed by atoms with Crippen molar-refractivity contribution < 1.29 is 15.2 Å². The molecule has 1 heterocycles. The third-order valence-corrected chi connectivity index (χ3v) is 2.51. The lowest BCUT2D eigenvalue weighted by atomic mass is 10.1. The zero-order chi connectivity index (χ0) is 15.4. The molecule has 2 aromatic rings. The summed E-state index contributed by atoms with van der Waals surface area (Å²) >= 11 is 0. The fraction of sp³-hybridized carbons (Fsp3) is 0. The summed E-state index contributed by atoms with van der Waals surface area (Å²) in [5.41, 5.74) is -0.875. The van der Waals surface area contributed by atoms with Crippen molar-refractivity contribution in [2.24, 2.45) is 0 Å². The summed E-state index contributed by atoms with van der Waals surface area (Å²) in [5, 5.41) is 40.9. The molecule has 21 heavy (non-hydrogen) atoms. The van der Waals surface area contributed by atoms with Crippen LogP contribution in [0.1, 0.15) is 10.4 Å². The monoisotopic (exact) mass is 290 g/mol. The van der Waals surface area contributed by atoms with Gasteiger partial charge in [0.05, 0.1) is 5.69 Å². The first-order valence-electron chi connectivity index (χ1n) is 5.67. The Kier molecular flexibility index (Phi) is 4.30. The molecule has 0 aliphatic rings. The van der Waals surface area contributed by atoms with Gasteiger partial charge in [-0.3, -0.25) is 15.2 Å². The molecule has 0 atom stereocenters. The average Bonchev–Trinajstić information content (AvgIpc) is 2.47. The maximum atomic E-state index is 12.0. The van der Waals surface area contributed by atoms with Crippen LogP contribution in [-0.2, 0) is 0 Å². The van der Waals surface area contributed by atoms with Crippen molar-refractivity contribution in [3.05, 3.63) is 58.6 Å². The van der Waals surface area contributed by atoms with Crippen LogP contribution < -0.4 is 15.8 Å². The molecule has 0 unspecified atom stereocenters. The molecule has 0 bridgehead atoms. The highest BCUT2D eigenvalue weighted by molar-refractivity contribution is 6.05. The smallest absolute Gasteiger partial charge is 0.256 e. The predicted octanol–water partition coefficient (Wildman–Crippen LogP) is 1.72. The Morgan fingerprint density at radius 3 is 2.43 bits per heavy atom.